The summed E-state index contributed by atoms with van der Waals surface area (Å²) in [7, 11) is 0. The van der Waals surface area contributed by atoms with Gasteiger partial charge in [-0.2, -0.15) is 0 Å². The average molecular weight is 279 g/mol. The van der Waals surface area contributed by atoms with Gasteiger partial charge < -0.3 is 10.4 Å². The Hall–Kier alpha value is -2.48. The van der Waals surface area contributed by atoms with Gasteiger partial charge in [0.1, 0.15) is 10.7 Å². The number of nitro benzene ring substituents is 1. The van der Waals surface area contributed by atoms with E-state index >= 15 is 0 Å². The van der Waals surface area contributed by atoms with Gasteiger partial charge in [0, 0.05) is 11.4 Å². The molecule has 0 amide bonds. The number of nitrogens with one attached hydrogen (secondary N) is 1. The lowest BCUT2D eigenvalue weighted by Gasteiger charge is -2.04. The lowest BCUT2D eigenvalue weighted by Crippen LogP contribution is -2.03. The summed E-state index contributed by atoms with van der Waals surface area (Å²) in [4.78, 5) is 24.9. The fraction of sp³-hybridized carbons (Fsp3) is 0.0909. The molecule has 1 heterocycles. The maximum Gasteiger partial charge on any atom is 0.355 e. The van der Waals surface area contributed by atoms with E-state index in [1.54, 1.807) is 18.2 Å². The van der Waals surface area contributed by atoms with Crippen LogP contribution < -0.4 is 5.32 Å². The number of carboxylic acid groups (broad SMARTS) is 1. The van der Waals surface area contributed by atoms with Gasteiger partial charge in [-0.15, -0.1) is 11.3 Å². The van der Waals surface area contributed by atoms with Gasteiger partial charge in [-0.25, -0.2) is 9.78 Å². The Morgan fingerprint density at radius 2 is 2.21 bits per heavy atom. The topological polar surface area (TPSA) is 105 Å². The summed E-state index contributed by atoms with van der Waals surface area (Å²) < 4.78 is 0. The number of benzene rings is 1. The van der Waals surface area contributed by atoms with Crippen LogP contribution in [-0.4, -0.2) is 21.0 Å². The minimum Gasteiger partial charge on any atom is -0.476 e. The van der Waals surface area contributed by atoms with Crippen LogP contribution in [-0.2, 0) is 6.54 Å². The first-order valence-corrected chi connectivity index (χ1v) is 6.11. The van der Waals surface area contributed by atoms with Crippen LogP contribution in [0.5, 0.6) is 0 Å². The zero-order chi connectivity index (χ0) is 13.8. The van der Waals surface area contributed by atoms with Gasteiger partial charge in [0.05, 0.1) is 11.5 Å². The molecule has 0 aliphatic rings. The molecule has 8 heteroatoms. The normalized spacial score (nSPS) is 10.1. The van der Waals surface area contributed by atoms with Crippen LogP contribution in [0.15, 0.2) is 29.6 Å². The molecule has 19 heavy (non-hydrogen) atoms. The van der Waals surface area contributed by atoms with Crippen molar-refractivity contribution in [3.63, 3.8) is 0 Å². The SMILES string of the molecule is O=C(O)c1csc(CNc2ccccc2[N+](=O)[O-])n1. The molecule has 1 aromatic heterocycles. The average Bonchev–Trinajstić information content (AvgIpc) is 2.85. The third-order valence-electron chi connectivity index (χ3n) is 2.30. The van der Waals surface area contributed by atoms with Crippen molar-refractivity contribution >= 4 is 28.7 Å². The summed E-state index contributed by atoms with van der Waals surface area (Å²) in [5.41, 5.74) is 0.321. The fourth-order valence-corrected chi connectivity index (χ4v) is 2.15. The molecule has 2 aromatic rings. The molecular weight excluding hydrogens is 270 g/mol. The molecule has 0 saturated heterocycles. The van der Waals surface area contributed by atoms with Crippen LogP contribution in [0.4, 0.5) is 11.4 Å². The monoisotopic (exact) mass is 279 g/mol. The summed E-state index contributed by atoms with van der Waals surface area (Å²) in [6.07, 6.45) is 0. The Morgan fingerprint density at radius 3 is 2.84 bits per heavy atom. The van der Waals surface area contributed by atoms with Crippen LogP contribution in [0.1, 0.15) is 15.5 Å². The van der Waals surface area contributed by atoms with Gasteiger partial charge in [0.15, 0.2) is 5.69 Å². The van der Waals surface area contributed by atoms with Crippen molar-refractivity contribution in [1.82, 2.24) is 4.98 Å². The predicted octanol–water partition coefficient (Wildman–Crippen LogP) is 2.36. The number of hydrogen-bond donors (Lipinski definition) is 2. The molecule has 0 saturated carbocycles. The Labute approximate surface area is 111 Å². The van der Waals surface area contributed by atoms with Crippen molar-refractivity contribution in [2.75, 3.05) is 5.32 Å². The van der Waals surface area contributed by atoms with Crippen LogP contribution in [0.25, 0.3) is 0 Å². The van der Waals surface area contributed by atoms with E-state index in [0.717, 1.165) is 0 Å². The van der Waals surface area contributed by atoms with E-state index in [-0.39, 0.29) is 17.9 Å². The molecule has 2 rings (SSSR count). The maximum absolute atomic E-state index is 10.8. The molecule has 1 aromatic carbocycles. The molecule has 0 fully saturated rings. The number of aromatic nitrogens is 1. The van der Waals surface area contributed by atoms with Gasteiger partial charge >= 0.3 is 5.97 Å². The van der Waals surface area contributed by atoms with Gasteiger partial charge in [-0.3, -0.25) is 10.1 Å². The van der Waals surface area contributed by atoms with Gasteiger partial charge in [-0.05, 0) is 6.07 Å². The molecule has 0 spiro atoms. The minimum atomic E-state index is -1.09. The van der Waals surface area contributed by atoms with E-state index in [0.29, 0.717) is 10.7 Å². The van der Waals surface area contributed by atoms with E-state index in [1.165, 1.54) is 22.8 Å². The lowest BCUT2D eigenvalue weighted by atomic mass is 10.2. The molecule has 2 N–H and O–H groups in total. The number of thiazole rings is 1. The molecule has 7 nitrogen and oxygen atoms in total. The largest absolute Gasteiger partial charge is 0.476 e. The molecule has 0 aliphatic carbocycles. The van der Waals surface area contributed by atoms with Crippen molar-refractivity contribution in [1.29, 1.82) is 0 Å². The van der Waals surface area contributed by atoms with E-state index in [2.05, 4.69) is 10.3 Å². The van der Waals surface area contributed by atoms with Gasteiger partial charge in [-0.1, -0.05) is 12.1 Å². The fourth-order valence-electron chi connectivity index (χ4n) is 1.44. The van der Waals surface area contributed by atoms with Crippen molar-refractivity contribution in [3.05, 3.63) is 50.5 Å². The van der Waals surface area contributed by atoms with E-state index in [1.807, 2.05) is 0 Å². The summed E-state index contributed by atoms with van der Waals surface area (Å²) in [5, 5.41) is 24.4. The number of carboxylic acids is 1. The Morgan fingerprint density at radius 1 is 1.47 bits per heavy atom. The molecule has 98 valence electrons. The van der Waals surface area contributed by atoms with E-state index in [9.17, 15) is 14.9 Å². The maximum atomic E-state index is 10.8. The number of aromatic carboxylic acids is 1. The van der Waals surface area contributed by atoms with Crippen LogP contribution in [0.2, 0.25) is 0 Å². The lowest BCUT2D eigenvalue weighted by molar-refractivity contribution is -0.384. The second-order valence-electron chi connectivity index (χ2n) is 3.56. The minimum absolute atomic E-state index is 0.0237. The highest BCUT2D eigenvalue weighted by Crippen LogP contribution is 2.24. The van der Waals surface area contributed by atoms with Gasteiger partial charge in [0.25, 0.3) is 5.69 Å². The number of nitro groups is 1. The number of nitrogens with zero attached hydrogens (tertiary/aromatic N) is 2. The standard InChI is InChI=1S/C11H9N3O4S/c15-11(16)8-6-19-10(13-8)5-12-7-3-1-2-4-9(7)14(17)18/h1-4,6,12H,5H2,(H,15,16). The molecular formula is C11H9N3O4S. The summed E-state index contributed by atoms with van der Waals surface area (Å²) in [5.74, 6) is -1.09. The zero-order valence-electron chi connectivity index (χ0n) is 9.57. The Bertz CT molecular complexity index is 626. The molecule has 0 unspecified atom stereocenters. The first kappa shape index (κ1) is 13.0. The number of para-hydroxylation sites is 2. The first-order valence-electron chi connectivity index (χ1n) is 5.23. The van der Waals surface area contributed by atoms with Crippen molar-refractivity contribution in [2.45, 2.75) is 6.54 Å². The second-order valence-corrected chi connectivity index (χ2v) is 4.50. The molecule has 0 bridgehead atoms. The van der Waals surface area contributed by atoms with E-state index < -0.39 is 10.9 Å². The molecule has 0 radical (unpaired) electrons. The van der Waals surface area contributed by atoms with Crippen molar-refractivity contribution in [2.24, 2.45) is 0 Å². The third-order valence-corrected chi connectivity index (χ3v) is 3.15. The smallest absolute Gasteiger partial charge is 0.355 e. The summed E-state index contributed by atoms with van der Waals surface area (Å²) in [6, 6.07) is 6.24. The highest BCUT2D eigenvalue weighted by molar-refractivity contribution is 7.09. The van der Waals surface area contributed by atoms with Crippen molar-refractivity contribution in [3.8, 4) is 0 Å². The molecule has 0 atom stereocenters. The number of rotatable bonds is 5. The Balaban J connectivity index is 2.10. The molecule has 0 aliphatic heterocycles. The predicted molar refractivity (Wildman–Crippen MR) is 69.5 cm³/mol. The van der Waals surface area contributed by atoms with Crippen LogP contribution >= 0.6 is 11.3 Å². The van der Waals surface area contributed by atoms with E-state index in [4.69, 9.17) is 5.11 Å². The third kappa shape index (κ3) is 3.05. The number of anilines is 1. The summed E-state index contributed by atoms with van der Waals surface area (Å²) in [6.45, 7) is 0.239. The first-order chi connectivity index (χ1) is 9.08. The van der Waals surface area contributed by atoms with Crippen molar-refractivity contribution < 1.29 is 14.8 Å². The van der Waals surface area contributed by atoms with Crippen LogP contribution in [0, 0.1) is 10.1 Å². The van der Waals surface area contributed by atoms with Crippen LogP contribution in [0.3, 0.4) is 0 Å². The Kier molecular flexibility index (Phi) is 3.71. The highest BCUT2D eigenvalue weighted by Gasteiger charge is 2.13. The van der Waals surface area contributed by atoms with Gasteiger partial charge in [0.2, 0.25) is 0 Å². The second kappa shape index (κ2) is 5.44. The highest BCUT2D eigenvalue weighted by atomic mass is 32.1. The number of hydrogen-bond acceptors (Lipinski definition) is 6. The summed E-state index contributed by atoms with van der Waals surface area (Å²) >= 11 is 1.19. The quantitative estimate of drug-likeness (QED) is 0.643. The number of carbonyl (C=O) groups is 1. The zero-order valence-corrected chi connectivity index (χ0v) is 10.4.